The van der Waals surface area contributed by atoms with Gasteiger partial charge in [-0.05, 0) is 32.1 Å². The first kappa shape index (κ1) is 11.2. The third-order valence-corrected chi connectivity index (χ3v) is 2.58. The van der Waals surface area contributed by atoms with Crippen LogP contribution in [0.15, 0.2) is 12.1 Å². The quantitative estimate of drug-likeness (QED) is 0.850. The van der Waals surface area contributed by atoms with Crippen LogP contribution in [-0.2, 0) is 6.42 Å². The van der Waals surface area contributed by atoms with Gasteiger partial charge in [0.25, 0.3) is 0 Å². The van der Waals surface area contributed by atoms with Crippen LogP contribution < -0.4 is 14.8 Å². The summed E-state index contributed by atoms with van der Waals surface area (Å²) in [5, 5.41) is 3.00. The van der Waals surface area contributed by atoms with Gasteiger partial charge >= 0.3 is 0 Å². The van der Waals surface area contributed by atoms with Crippen molar-refractivity contribution in [2.45, 2.75) is 12.8 Å². The Labute approximate surface area is 94.6 Å². The molecule has 0 radical (unpaired) electrons. The third-order valence-electron chi connectivity index (χ3n) is 2.58. The number of hydrogen-bond acceptors (Lipinski definition) is 3. The van der Waals surface area contributed by atoms with Gasteiger partial charge in [-0.15, -0.1) is 0 Å². The van der Waals surface area contributed by atoms with Gasteiger partial charge in [-0.2, -0.15) is 0 Å². The molecule has 0 atom stereocenters. The molecule has 1 aromatic rings. The standard InChI is InChI=1S/C12H16FNO2/c1-14-6-5-9-10(13)3-4-11-12(9)16-8-2-7-15-11/h3-4,14H,2,5-8H2,1H3. The van der Waals surface area contributed by atoms with E-state index in [0.29, 0.717) is 36.7 Å². The van der Waals surface area contributed by atoms with E-state index in [1.54, 1.807) is 6.07 Å². The first-order valence-corrected chi connectivity index (χ1v) is 5.54. The van der Waals surface area contributed by atoms with Gasteiger partial charge in [0.15, 0.2) is 11.5 Å². The van der Waals surface area contributed by atoms with Crippen molar-refractivity contribution in [3.63, 3.8) is 0 Å². The number of rotatable bonds is 3. The van der Waals surface area contributed by atoms with Crippen LogP contribution in [-0.4, -0.2) is 26.8 Å². The lowest BCUT2D eigenvalue weighted by Gasteiger charge is -2.13. The fourth-order valence-corrected chi connectivity index (χ4v) is 1.75. The van der Waals surface area contributed by atoms with Crippen molar-refractivity contribution < 1.29 is 13.9 Å². The summed E-state index contributed by atoms with van der Waals surface area (Å²) in [5.41, 5.74) is 0.605. The lowest BCUT2D eigenvalue weighted by atomic mass is 10.1. The van der Waals surface area contributed by atoms with E-state index in [9.17, 15) is 4.39 Å². The monoisotopic (exact) mass is 225 g/mol. The highest BCUT2D eigenvalue weighted by atomic mass is 19.1. The molecule has 0 saturated carbocycles. The Morgan fingerprint density at radius 3 is 2.94 bits per heavy atom. The van der Waals surface area contributed by atoms with Gasteiger partial charge in [0.1, 0.15) is 5.82 Å². The minimum atomic E-state index is -0.223. The van der Waals surface area contributed by atoms with E-state index < -0.39 is 0 Å². The molecule has 16 heavy (non-hydrogen) atoms. The van der Waals surface area contributed by atoms with Gasteiger partial charge in [-0.3, -0.25) is 0 Å². The normalized spacial score (nSPS) is 14.6. The molecule has 0 spiro atoms. The van der Waals surface area contributed by atoms with Crippen molar-refractivity contribution in [2.24, 2.45) is 0 Å². The number of ether oxygens (including phenoxy) is 2. The van der Waals surface area contributed by atoms with Gasteiger partial charge in [-0.1, -0.05) is 0 Å². The molecular formula is C12H16FNO2. The third kappa shape index (κ3) is 2.27. The summed E-state index contributed by atoms with van der Waals surface area (Å²) in [6.45, 7) is 1.93. The molecule has 88 valence electrons. The second-order valence-electron chi connectivity index (χ2n) is 3.76. The van der Waals surface area contributed by atoms with Gasteiger partial charge < -0.3 is 14.8 Å². The zero-order valence-electron chi connectivity index (χ0n) is 9.38. The van der Waals surface area contributed by atoms with E-state index in [-0.39, 0.29) is 5.82 Å². The SMILES string of the molecule is CNCCc1c(F)ccc2c1OCCCO2. The predicted octanol–water partition coefficient (Wildman–Crippen LogP) is 1.75. The number of hydrogen-bond donors (Lipinski definition) is 1. The Balaban J connectivity index is 2.32. The molecule has 0 amide bonds. The van der Waals surface area contributed by atoms with Gasteiger partial charge in [0.2, 0.25) is 0 Å². The van der Waals surface area contributed by atoms with Crippen LogP contribution >= 0.6 is 0 Å². The Hall–Kier alpha value is -1.29. The molecular weight excluding hydrogens is 209 g/mol. The van der Waals surface area contributed by atoms with Gasteiger partial charge in [0, 0.05) is 12.0 Å². The smallest absolute Gasteiger partial charge is 0.167 e. The molecule has 0 fully saturated rings. The summed E-state index contributed by atoms with van der Waals surface area (Å²) < 4.78 is 24.7. The van der Waals surface area contributed by atoms with Crippen LogP contribution in [0.2, 0.25) is 0 Å². The molecule has 3 nitrogen and oxygen atoms in total. The Bertz CT molecular complexity index is 368. The van der Waals surface area contributed by atoms with E-state index in [1.807, 2.05) is 7.05 Å². The number of nitrogens with one attached hydrogen (secondary N) is 1. The van der Waals surface area contributed by atoms with Gasteiger partial charge in [-0.25, -0.2) is 4.39 Å². The minimum Gasteiger partial charge on any atom is -0.490 e. The Morgan fingerprint density at radius 2 is 2.12 bits per heavy atom. The van der Waals surface area contributed by atoms with E-state index in [0.717, 1.165) is 13.0 Å². The molecule has 1 aliphatic heterocycles. The highest BCUT2D eigenvalue weighted by molar-refractivity contribution is 5.48. The van der Waals surface area contributed by atoms with E-state index >= 15 is 0 Å². The molecule has 0 aromatic heterocycles. The maximum Gasteiger partial charge on any atom is 0.167 e. The van der Waals surface area contributed by atoms with Crippen molar-refractivity contribution in [2.75, 3.05) is 26.8 Å². The molecule has 1 heterocycles. The fourth-order valence-electron chi connectivity index (χ4n) is 1.75. The topological polar surface area (TPSA) is 30.5 Å². The van der Waals surface area contributed by atoms with Crippen molar-refractivity contribution in [3.8, 4) is 11.5 Å². The first-order chi connectivity index (χ1) is 7.83. The van der Waals surface area contributed by atoms with Crippen molar-refractivity contribution in [1.29, 1.82) is 0 Å². The van der Waals surface area contributed by atoms with Crippen LogP contribution in [0.1, 0.15) is 12.0 Å². The Kier molecular flexibility index (Phi) is 3.62. The fraction of sp³-hybridized carbons (Fsp3) is 0.500. The van der Waals surface area contributed by atoms with Crippen LogP contribution in [0.5, 0.6) is 11.5 Å². The van der Waals surface area contributed by atoms with E-state index in [2.05, 4.69) is 5.32 Å². The van der Waals surface area contributed by atoms with Gasteiger partial charge in [0.05, 0.1) is 13.2 Å². The highest BCUT2D eigenvalue weighted by Crippen LogP contribution is 2.35. The first-order valence-electron chi connectivity index (χ1n) is 5.54. The largest absolute Gasteiger partial charge is 0.490 e. The van der Waals surface area contributed by atoms with Crippen LogP contribution in [0, 0.1) is 5.82 Å². The van der Waals surface area contributed by atoms with Crippen molar-refractivity contribution >= 4 is 0 Å². The second kappa shape index (κ2) is 5.16. The van der Waals surface area contributed by atoms with Crippen molar-refractivity contribution in [3.05, 3.63) is 23.5 Å². The van der Waals surface area contributed by atoms with E-state index in [1.165, 1.54) is 6.07 Å². The molecule has 4 heteroatoms. The Morgan fingerprint density at radius 1 is 1.31 bits per heavy atom. The lowest BCUT2D eigenvalue weighted by Crippen LogP contribution is -2.12. The maximum absolute atomic E-state index is 13.7. The molecule has 0 aliphatic carbocycles. The second-order valence-corrected chi connectivity index (χ2v) is 3.76. The average molecular weight is 225 g/mol. The molecule has 0 unspecified atom stereocenters. The summed E-state index contributed by atoms with van der Waals surface area (Å²) in [7, 11) is 1.84. The molecule has 0 bridgehead atoms. The average Bonchev–Trinajstić information content (AvgIpc) is 2.53. The summed E-state index contributed by atoms with van der Waals surface area (Å²) in [5.74, 6) is 1.01. The molecule has 1 N–H and O–H groups in total. The number of fused-ring (bicyclic) bond motifs is 1. The predicted molar refractivity (Wildman–Crippen MR) is 59.6 cm³/mol. The molecule has 1 aromatic carbocycles. The molecule has 0 saturated heterocycles. The summed E-state index contributed by atoms with van der Waals surface area (Å²) >= 11 is 0. The zero-order chi connectivity index (χ0) is 11.4. The zero-order valence-corrected chi connectivity index (χ0v) is 9.38. The summed E-state index contributed by atoms with van der Waals surface area (Å²) in [6, 6.07) is 3.08. The van der Waals surface area contributed by atoms with E-state index in [4.69, 9.17) is 9.47 Å². The van der Waals surface area contributed by atoms with Crippen LogP contribution in [0.3, 0.4) is 0 Å². The molecule has 2 rings (SSSR count). The lowest BCUT2D eigenvalue weighted by molar-refractivity contribution is 0.295. The summed E-state index contributed by atoms with van der Waals surface area (Å²) in [6.07, 6.45) is 1.44. The highest BCUT2D eigenvalue weighted by Gasteiger charge is 2.17. The number of benzene rings is 1. The van der Waals surface area contributed by atoms with Crippen molar-refractivity contribution in [1.82, 2.24) is 5.32 Å². The van der Waals surface area contributed by atoms with Crippen LogP contribution in [0.4, 0.5) is 4.39 Å². The van der Waals surface area contributed by atoms with Crippen LogP contribution in [0.25, 0.3) is 0 Å². The summed E-state index contributed by atoms with van der Waals surface area (Å²) in [4.78, 5) is 0. The minimum absolute atomic E-state index is 0.223. The molecule has 1 aliphatic rings. The maximum atomic E-state index is 13.7. The number of likely N-dealkylation sites (N-methyl/N-ethyl adjacent to an activating group) is 1. The number of halogens is 1.